The lowest BCUT2D eigenvalue weighted by Crippen LogP contribution is -2.54. The summed E-state index contributed by atoms with van der Waals surface area (Å²) in [7, 11) is -3.89. The SMILES string of the molecule is CCC(C)[C@H](NS(=O)(=O)c1ccc(C)cc1)C(=O)N1CCC(C(=O)N[C@@H](CCSC)C(=O)O)CC1. The van der Waals surface area contributed by atoms with Crippen LogP contribution in [0.2, 0.25) is 0 Å². The number of carboxylic acids is 1. The van der Waals surface area contributed by atoms with Crippen LogP contribution in [0.25, 0.3) is 0 Å². The molecular formula is C24H37N3O6S2. The molecule has 0 radical (unpaired) electrons. The third kappa shape index (κ3) is 8.22. The van der Waals surface area contributed by atoms with Gasteiger partial charge in [0, 0.05) is 19.0 Å². The van der Waals surface area contributed by atoms with Gasteiger partial charge in [-0.05, 0) is 56.2 Å². The highest BCUT2D eigenvalue weighted by Crippen LogP contribution is 2.22. The molecule has 0 saturated carbocycles. The van der Waals surface area contributed by atoms with Crippen LogP contribution < -0.4 is 10.0 Å². The topological polar surface area (TPSA) is 133 Å². The lowest BCUT2D eigenvalue weighted by molar-refractivity contribution is -0.143. The molecule has 1 saturated heterocycles. The Labute approximate surface area is 212 Å². The molecule has 1 aliphatic heterocycles. The Kier molecular flexibility index (Phi) is 11.0. The summed E-state index contributed by atoms with van der Waals surface area (Å²) in [5, 5.41) is 12.0. The van der Waals surface area contributed by atoms with E-state index in [4.69, 9.17) is 0 Å². The fourth-order valence-electron chi connectivity index (χ4n) is 3.94. The number of carbonyl (C=O) groups excluding carboxylic acids is 2. The quantitative estimate of drug-likeness (QED) is 0.380. The van der Waals surface area contributed by atoms with Crippen molar-refractivity contribution in [1.82, 2.24) is 14.9 Å². The fourth-order valence-corrected chi connectivity index (χ4v) is 5.71. The molecule has 1 heterocycles. The summed E-state index contributed by atoms with van der Waals surface area (Å²) in [4.78, 5) is 39.1. The van der Waals surface area contributed by atoms with Gasteiger partial charge in [-0.15, -0.1) is 0 Å². The van der Waals surface area contributed by atoms with Crippen molar-refractivity contribution < 1.29 is 27.9 Å². The van der Waals surface area contributed by atoms with E-state index in [0.29, 0.717) is 44.5 Å². The van der Waals surface area contributed by atoms with Gasteiger partial charge in [-0.2, -0.15) is 16.5 Å². The summed E-state index contributed by atoms with van der Waals surface area (Å²) >= 11 is 1.52. The Morgan fingerprint density at radius 1 is 1.17 bits per heavy atom. The fraction of sp³-hybridized carbons (Fsp3) is 0.625. The lowest BCUT2D eigenvalue weighted by Gasteiger charge is -2.35. The van der Waals surface area contributed by atoms with E-state index in [-0.39, 0.29) is 28.5 Å². The van der Waals surface area contributed by atoms with E-state index in [9.17, 15) is 27.9 Å². The van der Waals surface area contributed by atoms with Crippen LogP contribution in [0.5, 0.6) is 0 Å². The molecule has 2 rings (SSSR count). The molecule has 9 nitrogen and oxygen atoms in total. The normalized spacial score (nSPS) is 17.4. The van der Waals surface area contributed by atoms with Crippen molar-refractivity contribution in [2.24, 2.45) is 11.8 Å². The zero-order valence-corrected chi connectivity index (χ0v) is 22.5. The molecule has 1 aliphatic rings. The average molecular weight is 528 g/mol. The minimum absolute atomic E-state index is 0.106. The molecule has 196 valence electrons. The molecule has 3 N–H and O–H groups in total. The number of rotatable bonds is 12. The number of sulfonamides is 1. The number of hydrogen-bond donors (Lipinski definition) is 3. The minimum atomic E-state index is -3.89. The lowest BCUT2D eigenvalue weighted by atomic mass is 9.93. The van der Waals surface area contributed by atoms with Gasteiger partial charge in [0.25, 0.3) is 0 Å². The number of thioether (sulfide) groups is 1. The summed E-state index contributed by atoms with van der Waals surface area (Å²) in [5.41, 5.74) is 0.935. The monoisotopic (exact) mass is 527 g/mol. The van der Waals surface area contributed by atoms with Crippen molar-refractivity contribution in [1.29, 1.82) is 0 Å². The van der Waals surface area contributed by atoms with E-state index < -0.39 is 28.1 Å². The first-order valence-corrected chi connectivity index (χ1v) is 14.8. The van der Waals surface area contributed by atoms with E-state index in [1.165, 1.54) is 23.9 Å². The van der Waals surface area contributed by atoms with E-state index >= 15 is 0 Å². The predicted molar refractivity (Wildman–Crippen MR) is 137 cm³/mol. The van der Waals surface area contributed by atoms with Crippen LogP contribution in [-0.4, -0.2) is 73.4 Å². The molecule has 0 aliphatic carbocycles. The number of aliphatic carboxylic acids is 1. The number of likely N-dealkylation sites (tertiary alicyclic amines) is 1. The Bertz CT molecular complexity index is 975. The summed E-state index contributed by atoms with van der Waals surface area (Å²) in [6.07, 6.45) is 3.62. The van der Waals surface area contributed by atoms with E-state index in [2.05, 4.69) is 10.0 Å². The molecule has 1 aromatic rings. The molecule has 11 heteroatoms. The van der Waals surface area contributed by atoms with Gasteiger partial charge in [0.1, 0.15) is 12.1 Å². The molecular weight excluding hydrogens is 490 g/mol. The molecule has 35 heavy (non-hydrogen) atoms. The third-order valence-electron chi connectivity index (χ3n) is 6.50. The first kappa shape index (κ1) is 29.1. The van der Waals surface area contributed by atoms with Gasteiger partial charge in [0.05, 0.1) is 4.90 Å². The maximum atomic E-state index is 13.3. The zero-order valence-electron chi connectivity index (χ0n) is 20.8. The smallest absolute Gasteiger partial charge is 0.326 e. The second kappa shape index (κ2) is 13.3. The standard InChI is InChI=1S/C24H37N3O6S2/c1-5-17(3)21(26-35(32,33)19-8-6-16(2)7-9-19)23(29)27-13-10-18(11-14-27)22(28)25-20(24(30)31)12-15-34-4/h6-9,17-18,20-21,26H,5,10-15H2,1-4H3,(H,25,28)(H,30,31)/t17?,20-,21-/m0/s1. The number of hydrogen-bond acceptors (Lipinski definition) is 6. The molecule has 2 amide bonds. The highest BCUT2D eigenvalue weighted by Gasteiger charge is 2.36. The molecule has 1 unspecified atom stereocenters. The van der Waals surface area contributed by atoms with Crippen LogP contribution >= 0.6 is 11.8 Å². The van der Waals surface area contributed by atoms with Crippen LogP contribution in [0, 0.1) is 18.8 Å². The Hall–Kier alpha value is -2.11. The molecule has 1 fully saturated rings. The number of amides is 2. The van der Waals surface area contributed by atoms with Crippen LogP contribution in [0.3, 0.4) is 0 Å². The summed E-state index contributed by atoms with van der Waals surface area (Å²) in [6, 6.07) is 4.61. The molecule has 1 aromatic carbocycles. The van der Waals surface area contributed by atoms with Crippen LogP contribution in [0.15, 0.2) is 29.2 Å². The third-order valence-corrected chi connectivity index (χ3v) is 8.60. The average Bonchev–Trinajstić information content (AvgIpc) is 2.84. The van der Waals surface area contributed by atoms with Gasteiger partial charge < -0.3 is 15.3 Å². The van der Waals surface area contributed by atoms with Crippen molar-refractivity contribution >= 4 is 39.6 Å². The molecule has 0 spiro atoms. The summed E-state index contributed by atoms with van der Waals surface area (Å²) < 4.78 is 28.5. The maximum Gasteiger partial charge on any atom is 0.326 e. The number of nitrogens with one attached hydrogen (secondary N) is 2. The van der Waals surface area contributed by atoms with Crippen molar-refractivity contribution in [3.8, 4) is 0 Å². The highest BCUT2D eigenvalue weighted by atomic mass is 32.2. The van der Waals surface area contributed by atoms with Gasteiger partial charge in [0.15, 0.2) is 0 Å². The second-order valence-electron chi connectivity index (χ2n) is 9.08. The maximum absolute atomic E-state index is 13.3. The molecule has 3 atom stereocenters. The number of carboxylic acid groups (broad SMARTS) is 1. The first-order valence-electron chi connectivity index (χ1n) is 11.9. The molecule has 0 bridgehead atoms. The van der Waals surface area contributed by atoms with Gasteiger partial charge in [0.2, 0.25) is 21.8 Å². The van der Waals surface area contributed by atoms with Gasteiger partial charge in [-0.25, -0.2) is 13.2 Å². The summed E-state index contributed by atoms with van der Waals surface area (Å²) in [6.45, 7) is 6.21. The van der Waals surface area contributed by atoms with E-state index in [0.717, 1.165) is 5.56 Å². The van der Waals surface area contributed by atoms with Crippen LogP contribution in [0.4, 0.5) is 0 Å². The Balaban J connectivity index is 2.03. The van der Waals surface area contributed by atoms with Crippen LogP contribution in [0.1, 0.15) is 45.1 Å². The van der Waals surface area contributed by atoms with Crippen molar-refractivity contribution in [3.63, 3.8) is 0 Å². The Morgan fingerprint density at radius 3 is 2.29 bits per heavy atom. The van der Waals surface area contributed by atoms with E-state index in [1.54, 1.807) is 17.0 Å². The second-order valence-corrected chi connectivity index (χ2v) is 11.8. The van der Waals surface area contributed by atoms with Gasteiger partial charge in [-0.1, -0.05) is 38.0 Å². The van der Waals surface area contributed by atoms with Crippen LogP contribution in [-0.2, 0) is 24.4 Å². The predicted octanol–water partition coefficient (Wildman–Crippen LogP) is 2.25. The first-order chi connectivity index (χ1) is 16.5. The van der Waals surface area contributed by atoms with Crippen molar-refractivity contribution in [3.05, 3.63) is 29.8 Å². The number of aryl methyl sites for hydroxylation is 1. The van der Waals surface area contributed by atoms with Crippen molar-refractivity contribution in [2.45, 2.75) is 63.4 Å². The number of carbonyl (C=O) groups is 3. The van der Waals surface area contributed by atoms with Crippen molar-refractivity contribution in [2.75, 3.05) is 25.1 Å². The summed E-state index contributed by atoms with van der Waals surface area (Å²) in [5.74, 6) is -1.67. The minimum Gasteiger partial charge on any atom is -0.480 e. The number of piperidine rings is 1. The van der Waals surface area contributed by atoms with Gasteiger partial charge >= 0.3 is 5.97 Å². The Morgan fingerprint density at radius 2 is 1.77 bits per heavy atom. The molecule has 0 aromatic heterocycles. The number of nitrogens with zero attached hydrogens (tertiary/aromatic N) is 1. The highest BCUT2D eigenvalue weighted by molar-refractivity contribution is 7.98. The van der Waals surface area contributed by atoms with Gasteiger partial charge in [-0.3, -0.25) is 9.59 Å². The van der Waals surface area contributed by atoms with E-state index in [1.807, 2.05) is 27.0 Å². The zero-order chi connectivity index (χ0) is 26.2. The largest absolute Gasteiger partial charge is 0.480 e. The number of benzene rings is 1.